The molecule has 0 aliphatic carbocycles. The second-order valence-corrected chi connectivity index (χ2v) is 7.44. The molecule has 4 rings (SSSR count). The molecule has 1 heterocycles. The highest BCUT2D eigenvalue weighted by molar-refractivity contribution is 6.33. The molecule has 3 aromatic carbocycles. The minimum absolute atomic E-state index is 0. The van der Waals surface area contributed by atoms with E-state index in [9.17, 15) is 4.79 Å². The predicted octanol–water partition coefficient (Wildman–Crippen LogP) is 5.31. The standard InChI is InChI=1S/C24H23ClN2O.ClH/c25-22-14-8-7-13-21(22)24(28)27-17-15-26(16-18-27)23(19-9-3-1-4-10-19)20-11-5-2-6-12-20;/h1-14,23H,15-18H2;1H. The molecule has 1 aliphatic rings. The lowest BCUT2D eigenvalue weighted by Crippen LogP contribution is -2.49. The second kappa shape index (κ2) is 9.93. The zero-order chi connectivity index (χ0) is 19.3. The number of carbonyl (C=O) groups is 1. The molecule has 0 unspecified atom stereocenters. The molecule has 1 amide bonds. The number of carbonyl (C=O) groups excluding carboxylic acids is 1. The molecule has 5 heteroatoms. The van der Waals surface area contributed by atoms with Crippen LogP contribution in [0.4, 0.5) is 0 Å². The van der Waals surface area contributed by atoms with Gasteiger partial charge in [0.15, 0.2) is 0 Å². The van der Waals surface area contributed by atoms with Gasteiger partial charge < -0.3 is 4.90 Å². The Balaban J connectivity index is 0.00000240. The molecule has 0 atom stereocenters. The SMILES string of the molecule is Cl.O=C(c1ccccc1Cl)N1CCN(C(c2ccccc2)c2ccccc2)CC1. The molecule has 3 aromatic rings. The van der Waals surface area contributed by atoms with Crippen molar-refractivity contribution in [3.8, 4) is 0 Å². The smallest absolute Gasteiger partial charge is 0.255 e. The van der Waals surface area contributed by atoms with Crippen molar-refractivity contribution in [2.75, 3.05) is 26.2 Å². The fraction of sp³-hybridized carbons (Fsp3) is 0.208. The third-order valence-electron chi connectivity index (χ3n) is 5.30. The van der Waals surface area contributed by atoms with E-state index in [4.69, 9.17) is 11.6 Å². The molecule has 0 spiro atoms. The quantitative estimate of drug-likeness (QED) is 0.564. The van der Waals surface area contributed by atoms with Crippen LogP contribution < -0.4 is 0 Å². The van der Waals surface area contributed by atoms with Crippen LogP contribution in [0.1, 0.15) is 27.5 Å². The zero-order valence-corrected chi connectivity index (χ0v) is 17.6. The molecule has 1 fully saturated rings. The van der Waals surface area contributed by atoms with Crippen LogP contribution in [0.25, 0.3) is 0 Å². The molecule has 3 nitrogen and oxygen atoms in total. The van der Waals surface area contributed by atoms with Gasteiger partial charge in [0.25, 0.3) is 5.91 Å². The van der Waals surface area contributed by atoms with Gasteiger partial charge >= 0.3 is 0 Å². The Morgan fingerprint density at radius 2 is 1.21 bits per heavy atom. The van der Waals surface area contributed by atoms with Gasteiger partial charge in [0.05, 0.1) is 16.6 Å². The summed E-state index contributed by atoms with van der Waals surface area (Å²) in [6, 6.07) is 28.6. The summed E-state index contributed by atoms with van der Waals surface area (Å²) >= 11 is 6.22. The van der Waals surface area contributed by atoms with Crippen molar-refractivity contribution in [2.45, 2.75) is 6.04 Å². The van der Waals surface area contributed by atoms with Crippen molar-refractivity contribution < 1.29 is 4.79 Å². The topological polar surface area (TPSA) is 23.6 Å². The first-order valence-electron chi connectivity index (χ1n) is 9.62. The molecule has 0 bridgehead atoms. The number of amides is 1. The molecule has 1 saturated heterocycles. The van der Waals surface area contributed by atoms with E-state index in [0.29, 0.717) is 23.7 Å². The van der Waals surface area contributed by atoms with Crippen molar-refractivity contribution in [2.24, 2.45) is 0 Å². The van der Waals surface area contributed by atoms with E-state index in [-0.39, 0.29) is 24.4 Å². The summed E-state index contributed by atoms with van der Waals surface area (Å²) in [7, 11) is 0. The van der Waals surface area contributed by atoms with Gasteiger partial charge in [-0.15, -0.1) is 12.4 Å². The van der Waals surface area contributed by atoms with E-state index in [1.807, 2.05) is 29.2 Å². The first-order valence-corrected chi connectivity index (χ1v) is 9.99. The molecule has 0 N–H and O–H groups in total. The summed E-state index contributed by atoms with van der Waals surface area (Å²) in [5.41, 5.74) is 3.14. The van der Waals surface area contributed by atoms with Gasteiger partial charge in [-0.3, -0.25) is 9.69 Å². The van der Waals surface area contributed by atoms with E-state index < -0.39 is 0 Å². The Labute approximate surface area is 183 Å². The number of halogens is 2. The van der Waals surface area contributed by atoms with Crippen LogP contribution in [0, 0.1) is 0 Å². The summed E-state index contributed by atoms with van der Waals surface area (Å²) in [6.07, 6.45) is 0. The highest BCUT2D eigenvalue weighted by atomic mass is 35.5. The Morgan fingerprint density at radius 3 is 1.72 bits per heavy atom. The van der Waals surface area contributed by atoms with Crippen LogP contribution in [0.5, 0.6) is 0 Å². The van der Waals surface area contributed by atoms with Gasteiger partial charge in [-0.2, -0.15) is 0 Å². The highest BCUT2D eigenvalue weighted by Gasteiger charge is 2.28. The van der Waals surface area contributed by atoms with E-state index in [2.05, 4.69) is 53.4 Å². The third kappa shape index (κ3) is 4.81. The van der Waals surface area contributed by atoms with Crippen molar-refractivity contribution in [1.29, 1.82) is 0 Å². The molecule has 0 saturated carbocycles. The molecule has 0 radical (unpaired) electrons. The van der Waals surface area contributed by atoms with Crippen molar-refractivity contribution >= 4 is 29.9 Å². The van der Waals surface area contributed by atoms with Gasteiger partial charge in [0.2, 0.25) is 0 Å². The van der Waals surface area contributed by atoms with E-state index in [1.165, 1.54) is 11.1 Å². The van der Waals surface area contributed by atoms with Gasteiger partial charge in [-0.25, -0.2) is 0 Å². The van der Waals surface area contributed by atoms with Gasteiger partial charge in [0.1, 0.15) is 0 Å². The fourth-order valence-corrected chi connectivity index (χ4v) is 4.09. The van der Waals surface area contributed by atoms with Gasteiger partial charge in [-0.05, 0) is 23.3 Å². The zero-order valence-electron chi connectivity index (χ0n) is 16.1. The minimum Gasteiger partial charge on any atom is -0.336 e. The summed E-state index contributed by atoms with van der Waals surface area (Å²) in [5.74, 6) is 0.0150. The first-order chi connectivity index (χ1) is 13.7. The van der Waals surface area contributed by atoms with Crippen molar-refractivity contribution in [3.63, 3.8) is 0 Å². The van der Waals surface area contributed by atoms with Crippen LogP contribution in [0.15, 0.2) is 84.9 Å². The maximum atomic E-state index is 12.9. The summed E-state index contributed by atoms with van der Waals surface area (Å²) < 4.78 is 0. The monoisotopic (exact) mass is 426 g/mol. The number of benzene rings is 3. The lowest BCUT2D eigenvalue weighted by Gasteiger charge is -2.40. The number of hydrogen-bond donors (Lipinski definition) is 0. The van der Waals surface area contributed by atoms with Crippen molar-refractivity contribution in [3.05, 3.63) is 107 Å². The minimum atomic E-state index is 0. The third-order valence-corrected chi connectivity index (χ3v) is 5.63. The van der Waals surface area contributed by atoms with Crippen LogP contribution in [0.3, 0.4) is 0 Å². The maximum Gasteiger partial charge on any atom is 0.255 e. The van der Waals surface area contributed by atoms with Crippen LogP contribution in [-0.2, 0) is 0 Å². The number of hydrogen-bond acceptors (Lipinski definition) is 2. The molecule has 1 aliphatic heterocycles. The summed E-state index contributed by atoms with van der Waals surface area (Å²) in [6.45, 7) is 3.04. The molecule has 150 valence electrons. The molecule has 29 heavy (non-hydrogen) atoms. The summed E-state index contributed by atoms with van der Waals surface area (Å²) in [4.78, 5) is 17.2. The maximum absolute atomic E-state index is 12.9. The number of rotatable bonds is 4. The van der Waals surface area contributed by atoms with E-state index in [0.717, 1.165) is 13.1 Å². The Bertz CT molecular complexity index is 886. The first kappa shape index (κ1) is 21.4. The van der Waals surface area contributed by atoms with Gasteiger partial charge in [-0.1, -0.05) is 84.4 Å². The lowest BCUT2D eigenvalue weighted by atomic mass is 9.96. The molecular formula is C24H24Cl2N2O. The second-order valence-electron chi connectivity index (χ2n) is 7.03. The lowest BCUT2D eigenvalue weighted by molar-refractivity contribution is 0.0597. The number of nitrogens with zero attached hydrogens (tertiary/aromatic N) is 2. The molecular weight excluding hydrogens is 403 g/mol. The van der Waals surface area contributed by atoms with E-state index in [1.54, 1.807) is 12.1 Å². The Hall–Kier alpha value is -2.33. The Morgan fingerprint density at radius 1 is 0.724 bits per heavy atom. The van der Waals surface area contributed by atoms with E-state index >= 15 is 0 Å². The fourth-order valence-electron chi connectivity index (χ4n) is 3.87. The van der Waals surface area contributed by atoms with Crippen LogP contribution in [0.2, 0.25) is 5.02 Å². The normalized spacial score (nSPS) is 14.5. The summed E-state index contributed by atoms with van der Waals surface area (Å²) in [5, 5.41) is 0.515. The predicted molar refractivity (Wildman–Crippen MR) is 121 cm³/mol. The largest absolute Gasteiger partial charge is 0.336 e. The average molecular weight is 427 g/mol. The average Bonchev–Trinajstić information content (AvgIpc) is 2.76. The van der Waals surface area contributed by atoms with Crippen molar-refractivity contribution in [1.82, 2.24) is 9.80 Å². The van der Waals surface area contributed by atoms with Gasteiger partial charge in [0, 0.05) is 26.2 Å². The molecule has 0 aromatic heterocycles. The van der Waals surface area contributed by atoms with Crippen LogP contribution in [-0.4, -0.2) is 41.9 Å². The van der Waals surface area contributed by atoms with Crippen LogP contribution >= 0.6 is 24.0 Å². The highest BCUT2D eigenvalue weighted by Crippen LogP contribution is 2.30. The Kier molecular flexibility index (Phi) is 7.32. The number of piperazine rings is 1.